The fourth-order valence-electron chi connectivity index (χ4n) is 1.16. The number of alkyl halides is 3. The molecule has 2 rings (SSSR count). The van der Waals surface area contributed by atoms with Gasteiger partial charge in [0.15, 0.2) is 0 Å². The SMILES string of the molecule is FC(F)(F)Oc1ccc(C2=CC2)cc1. The maximum Gasteiger partial charge on any atom is 0.573 e. The fraction of sp³-hybridized carbons (Fsp3) is 0.200. The maximum absolute atomic E-state index is 11.8. The van der Waals surface area contributed by atoms with E-state index in [4.69, 9.17) is 0 Å². The Morgan fingerprint density at radius 2 is 1.64 bits per heavy atom. The van der Waals surface area contributed by atoms with E-state index in [-0.39, 0.29) is 5.75 Å². The highest BCUT2D eigenvalue weighted by molar-refractivity contribution is 5.77. The minimum Gasteiger partial charge on any atom is -0.406 e. The summed E-state index contributed by atoms with van der Waals surface area (Å²) < 4.78 is 39.1. The van der Waals surface area contributed by atoms with Crippen LogP contribution in [0.4, 0.5) is 13.2 Å². The summed E-state index contributed by atoms with van der Waals surface area (Å²) in [6.45, 7) is 0. The van der Waals surface area contributed by atoms with Crippen molar-refractivity contribution in [2.45, 2.75) is 12.8 Å². The third-order valence-electron chi connectivity index (χ3n) is 1.87. The Morgan fingerprint density at radius 1 is 1.07 bits per heavy atom. The second-order valence-electron chi connectivity index (χ2n) is 3.01. The van der Waals surface area contributed by atoms with Gasteiger partial charge in [0.05, 0.1) is 0 Å². The molecule has 0 saturated carbocycles. The number of halogens is 3. The predicted molar refractivity (Wildman–Crippen MR) is 45.7 cm³/mol. The zero-order valence-electron chi connectivity index (χ0n) is 7.14. The summed E-state index contributed by atoms with van der Waals surface area (Å²) in [5, 5.41) is 0. The molecule has 0 aromatic heterocycles. The molecule has 4 heteroatoms. The first kappa shape index (κ1) is 9.12. The quantitative estimate of drug-likeness (QED) is 0.711. The first-order chi connectivity index (χ1) is 6.54. The summed E-state index contributed by atoms with van der Waals surface area (Å²) in [6, 6.07) is 5.89. The number of ether oxygens (including phenoxy) is 1. The minimum absolute atomic E-state index is 0.178. The summed E-state index contributed by atoms with van der Waals surface area (Å²) in [7, 11) is 0. The van der Waals surface area contributed by atoms with Crippen molar-refractivity contribution in [2.75, 3.05) is 0 Å². The highest BCUT2D eigenvalue weighted by Gasteiger charge is 2.31. The van der Waals surface area contributed by atoms with E-state index in [9.17, 15) is 13.2 Å². The van der Waals surface area contributed by atoms with Crippen molar-refractivity contribution >= 4 is 5.57 Å². The van der Waals surface area contributed by atoms with Gasteiger partial charge in [0.25, 0.3) is 0 Å². The first-order valence-electron chi connectivity index (χ1n) is 4.10. The van der Waals surface area contributed by atoms with Crippen LogP contribution in [0.1, 0.15) is 12.0 Å². The van der Waals surface area contributed by atoms with Crippen molar-refractivity contribution in [3.63, 3.8) is 0 Å². The Kier molecular flexibility index (Phi) is 1.98. The van der Waals surface area contributed by atoms with Gasteiger partial charge >= 0.3 is 6.36 Å². The van der Waals surface area contributed by atoms with Crippen molar-refractivity contribution in [3.05, 3.63) is 35.9 Å². The second kappa shape index (κ2) is 3.04. The first-order valence-corrected chi connectivity index (χ1v) is 4.10. The lowest BCUT2D eigenvalue weighted by Crippen LogP contribution is -2.16. The molecular formula is C10H7F3O. The van der Waals surface area contributed by atoms with E-state index in [0.717, 1.165) is 12.0 Å². The smallest absolute Gasteiger partial charge is 0.406 e. The molecule has 14 heavy (non-hydrogen) atoms. The number of allylic oxidation sites excluding steroid dienone is 2. The molecule has 0 aliphatic heterocycles. The number of rotatable bonds is 2. The molecule has 0 heterocycles. The molecule has 74 valence electrons. The zero-order chi connectivity index (χ0) is 10.2. The van der Waals surface area contributed by atoms with Crippen LogP contribution in [0.15, 0.2) is 30.3 Å². The molecule has 0 unspecified atom stereocenters. The molecule has 0 saturated heterocycles. The average molecular weight is 200 g/mol. The van der Waals surface area contributed by atoms with E-state index in [2.05, 4.69) is 4.74 Å². The molecule has 0 atom stereocenters. The zero-order valence-corrected chi connectivity index (χ0v) is 7.14. The van der Waals surface area contributed by atoms with Crippen LogP contribution in [0.3, 0.4) is 0 Å². The molecule has 0 bridgehead atoms. The van der Waals surface area contributed by atoms with E-state index < -0.39 is 6.36 Å². The largest absolute Gasteiger partial charge is 0.573 e. The van der Waals surface area contributed by atoms with E-state index >= 15 is 0 Å². The topological polar surface area (TPSA) is 9.23 Å². The Bertz CT molecular complexity index is 362. The second-order valence-corrected chi connectivity index (χ2v) is 3.01. The van der Waals surface area contributed by atoms with Gasteiger partial charge in [-0.2, -0.15) is 0 Å². The monoisotopic (exact) mass is 200 g/mol. The van der Waals surface area contributed by atoms with Gasteiger partial charge in [0, 0.05) is 0 Å². The van der Waals surface area contributed by atoms with Gasteiger partial charge in [-0.25, -0.2) is 0 Å². The van der Waals surface area contributed by atoms with Gasteiger partial charge in [-0.05, 0) is 29.7 Å². The van der Waals surface area contributed by atoms with Crippen molar-refractivity contribution in [2.24, 2.45) is 0 Å². The summed E-state index contributed by atoms with van der Waals surface area (Å²) in [6.07, 6.45) is -1.67. The lowest BCUT2D eigenvalue weighted by Gasteiger charge is -2.08. The summed E-state index contributed by atoms with van der Waals surface area (Å²) >= 11 is 0. The molecule has 1 aliphatic rings. The van der Waals surface area contributed by atoms with Crippen LogP contribution >= 0.6 is 0 Å². The Balaban J connectivity index is 2.10. The normalized spacial score (nSPS) is 14.9. The van der Waals surface area contributed by atoms with Crippen molar-refractivity contribution < 1.29 is 17.9 Å². The lowest BCUT2D eigenvalue weighted by atomic mass is 10.2. The van der Waals surface area contributed by atoms with E-state index in [1.165, 1.54) is 17.7 Å². The highest BCUT2D eigenvalue weighted by atomic mass is 19.4. The molecule has 1 aromatic carbocycles. The van der Waals surface area contributed by atoms with Gasteiger partial charge in [0.2, 0.25) is 0 Å². The van der Waals surface area contributed by atoms with E-state index in [1.807, 2.05) is 6.08 Å². The predicted octanol–water partition coefficient (Wildman–Crippen LogP) is 3.37. The van der Waals surface area contributed by atoms with Crippen LogP contribution in [-0.2, 0) is 0 Å². The van der Waals surface area contributed by atoms with Crippen LogP contribution < -0.4 is 4.74 Å². The van der Waals surface area contributed by atoms with Crippen LogP contribution in [0.5, 0.6) is 5.75 Å². The summed E-state index contributed by atoms with van der Waals surface area (Å²) in [5.74, 6) is -0.178. The minimum atomic E-state index is -4.61. The van der Waals surface area contributed by atoms with Gasteiger partial charge in [0.1, 0.15) is 5.75 Å². The number of hydrogen-bond donors (Lipinski definition) is 0. The van der Waals surface area contributed by atoms with Gasteiger partial charge in [-0.15, -0.1) is 13.2 Å². The third kappa shape index (κ3) is 2.28. The average Bonchev–Trinajstić information content (AvgIpc) is 2.85. The molecule has 1 aromatic rings. The standard InChI is InChI=1S/C10H7F3O/c11-10(12,13)14-9-5-3-8(4-6-9)7-1-2-7/h1,3-6H,2H2. The molecule has 0 spiro atoms. The Labute approximate surface area is 78.8 Å². The number of hydrogen-bond acceptors (Lipinski definition) is 1. The Morgan fingerprint density at radius 3 is 2.07 bits per heavy atom. The van der Waals surface area contributed by atoms with Crippen molar-refractivity contribution in [3.8, 4) is 5.75 Å². The number of benzene rings is 1. The lowest BCUT2D eigenvalue weighted by molar-refractivity contribution is -0.274. The van der Waals surface area contributed by atoms with Crippen LogP contribution in [0, 0.1) is 0 Å². The summed E-state index contributed by atoms with van der Waals surface area (Å²) in [4.78, 5) is 0. The third-order valence-corrected chi connectivity index (χ3v) is 1.87. The molecule has 0 radical (unpaired) electrons. The van der Waals surface area contributed by atoms with Gasteiger partial charge in [-0.1, -0.05) is 18.2 Å². The van der Waals surface area contributed by atoms with E-state index in [1.54, 1.807) is 12.1 Å². The van der Waals surface area contributed by atoms with E-state index in [0.29, 0.717) is 0 Å². The molecule has 1 nitrogen and oxygen atoms in total. The van der Waals surface area contributed by atoms with Gasteiger partial charge < -0.3 is 4.74 Å². The van der Waals surface area contributed by atoms with Crippen LogP contribution in [0.25, 0.3) is 5.57 Å². The highest BCUT2D eigenvalue weighted by Crippen LogP contribution is 2.32. The summed E-state index contributed by atoms with van der Waals surface area (Å²) in [5.41, 5.74) is 2.13. The molecule has 0 fully saturated rings. The van der Waals surface area contributed by atoms with Crippen LogP contribution in [-0.4, -0.2) is 6.36 Å². The fourth-order valence-corrected chi connectivity index (χ4v) is 1.16. The molecule has 0 N–H and O–H groups in total. The van der Waals surface area contributed by atoms with Crippen molar-refractivity contribution in [1.82, 2.24) is 0 Å². The van der Waals surface area contributed by atoms with Crippen molar-refractivity contribution in [1.29, 1.82) is 0 Å². The van der Waals surface area contributed by atoms with Gasteiger partial charge in [-0.3, -0.25) is 0 Å². The molecule has 0 amide bonds. The molecular weight excluding hydrogens is 193 g/mol. The molecule has 1 aliphatic carbocycles. The Hall–Kier alpha value is -1.45. The van der Waals surface area contributed by atoms with Crippen LogP contribution in [0.2, 0.25) is 0 Å². The maximum atomic E-state index is 11.8.